The average molecular weight is 655 g/mol. The minimum absolute atomic E-state index is 0.0779. The van der Waals surface area contributed by atoms with Crippen LogP contribution in [0.2, 0.25) is 0 Å². The van der Waals surface area contributed by atoms with E-state index in [2.05, 4.69) is 20.0 Å². The number of nitrogens with zero attached hydrogens (tertiary/aromatic N) is 5. The van der Waals surface area contributed by atoms with E-state index in [1.807, 2.05) is 11.6 Å². The van der Waals surface area contributed by atoms with Crippen LogP contribution < -0.4 is 4.72 Å². The first kappa shape index (κ1) is 34.8. The van der Waals surface area contributed by atoms with Gasteiger partial charge in [0.2, 0.25) is 5.28 Å². The molecule has 0 radical (unpaired) electrons. The number of ether oxygens (including phenoxy) is 1. The number of halogens is 3. The molecule has 1 heterocycles. The van der Waals surface area contributed by atoms with Gasteiger partial charge in [0.1, 0.15) is 0 Å². The van der Waals surface area contributed by atoms with Gasteiger partial charge in [-0.15, -0.1) is 5.01 Å². The van der Waals surface area contributed by atoms with E-state index in [0.717, 1.165) is 33.5 Å². The Morgan fingerprint density at radius 1 is 1.13 bits per heavy atom. The number of rotatable bonds is 13. The van der Waals surface area contributed by atoms with Gasteiger partial charge in [0.05, 0.1) is 28.3 Å². The first-order valence-electron chi connectivity index (χ1n) is 13.7. The van der Waals surface area contributed by atoms with Gasteiger partial charge in [-0.3, -0.25) is 9.59 Å². The van der Waals surface area contributed by atoms with Crippen LogP contribution in [-0.2, 0) is 35.4 Å². The molecule has 0 unspecified atom stereocenters. The van der Waals surface area contributed by atoms with Crippen molar-refractivity contribution in [1.29, 1.82) is 0 Å². The highest BCUT2D eigenvalue weighted by molar-refractivity contribution is 7.90. The van der Waals surface area contributed by atoms with Gasteiger partial charge in [-0.05, 0) is 43.2 Å². The Labute approximate surface area is 257 Å². The van der Waals surface area contributed by atoms with Gasteiger partial charge < -0.3 is 14.8 Å². The number of likely N-dealkylation sites (N-methyl/N-ethyl adjacent to an activating group) is 1. The smallest absolute Gasteiger partial charge is 0.435 e. The lowest BCUT2D eigenvalue weighted by molar-refractivity contribution is -0.712. The molecule has 1 N–H and O–H groups in total. The number of sulfonamides is 1. The zero-order valence-corrected chi connectivity index (χ0v) is 25.9. The van der Waals surface area contributed by atoms with Crippen molar-refractivity contribution >= 4 is 21.9 Å². The Bertz CT molecular complexity index is 1630. The first-order valence-corrected chi connectivity index (χ1v) is 15.2. The number of carbonyl (C=O) groups excluding carboxylic acids is 2. The van der Waals surface area contributed by atoms with Crippen LogP contribution >= 0.6 is 0 Å². The van der Waals surface area contributed by atoms with E-state index >= 15 is 0 Å². The Morgan fingerprint density at radius 3 is 2.31 bits per heavy atom. The Hall–Kier alpha value is -4.67. The third-order valence-corrected chi connectivity index (χ3v) is 8.15. The number of esters is 1. The minimum atomic E-state index is -4.72. The maximum atomic E-state index is 13.5. The molecule has 13 nitrogen and oxygen atoms in total. The Morgan fingerprint density at radius 2 is 1.76 bits per heavy atom. The second-order valence-corrected chi connectivity index (χ2v) is 11.7. The predicted octanol–water partition coefficient (Wildman–Crippen LogP) is 4.74. The van der Waals surface area contributed by atoms with E-state index in [1.54, 1.807) is 45.0 Å². The second-order valence-electron chi connectivity index (χ2n) is 10.0. The fraction of sp³-hybridized carbons (Fsp3) is 0.393. The molecule has 244 valence electrons. The summed E-state index contributed by atoms with van der Waals surface area (Å²) < 4.78 is 74.6. The summed E-state index contributed by atoms with van der Waals surface area (Å²) in [7, 11) is -3.30. The maximum absolute atomic E-state index is 13.5. The van der Waals surface area contributed by atoms with Gasteiger partial charge in [0.25, 0.3) is 22.7 Å². The summed E-state index contributed by atoms with van der Waals surface area (Å²) in [6.45, 7) is 6.08. The van der Waals surface area contributed by atoms with Gasteiger partial charge in [-0.1, -0.05) is 57.0 Å². The third kappa shape index (κ3) is 8.71. The molecule has 17 heteroatoms. The number of benzene rings is 2. The van der Waals surface area contributed by atoms with Crippen LogP contribution in [0.1, 0.15) is 44.9 Å². The second kappa shape index (κ2) is 14.4. The lowest BCUT2D eigenvalue weighted by atomic mass is 9.98. The first-order chi connectivity index (χ1) is 21.1. The predicted molar refractivity (Wildman–Crippen MR) is 153 cm³/mol. The van der Waals surface area contributed by atoms with Crippen molar-refractivity contribution in [1.82, 2.24) is 19.5 Å². The zero-order valence-electron chi connectivity index (χ0n) is 25.1. The summed E-state index contributed by atoms with van der Waals surface area (Å²) >= 11 is 0. The highest BCUT2D eigenvalue weighted by Crippen LogP contribution is 2.33. The summed E-state index contributed by atoms with van der Waals surface area (Å²) in [5.41, 5.74) is 0.496. The quantitative estimate of drug-likeness (QED) is 0.0686. The van der Waals surface area contributed by atoms with Gasteiger partial charge >= 0.3 is 12.1 Å². The molecular weight excluding hydrogens is 621 g/mol. The molecule has 1 amide bonds. The SMILES string of the molecule is CCC(=O)OCON=[N+]([O-])N(C)[C@H](C(=O)NS(=O)(=O)c1ccc(-n2nc(C(F)(F)F)cc2-c2ccc(C)cc2)cc1)[C@H](C)CC. The molecule has 0 aliphatic rings. The summed E-state index contributed by atoms with van der Waals surface area (Å²) in [5.74, 6) is -2.18. The molecule has 2 atom stereocenters. The number of hydrazine groups is 1. The van der Waals surface area contributed by atoms with Gasteiger partial charge in [0, 0.05) is 12.0 Å². The van der Waals surface area contributed by atoms with E-state index in [0.29, 0.717) is 12.0 Å². The van der Waals surface area contributed by atoms with Crippen molar-refractivity contribution in [3.63, 3.8) is 0 Å². The van der Waals surface area contributed by atoms with Crippen LogP contribution in [0, 0.1) is 18.0 Å². The molecule has 3 aromatic rings. The molecular formula is C28H33F3N6O7S. The normalized spacial score (nSPS) is 13.6. The molecule has 1 aromatic heterocycles. The molecule has 0 aliphatic heterocycles. The van der Waals surface area contributed by atoms with Crippen molar-refractivity contribution in [3.05, 3.63) is 71.1 Å². The molecule has 0 spiro atoms. The number of carbonyl (C=O) groups is 2. The summed E-state index contributed by atoms with van der Waals surface area (Å²) in [4.78, 5) is 28.6. The molecule has 0 bridgehead atoms. The van der Waals surface area contributed by atoms with Crippen LogP contribution in [0.15, 0.2) is 64.8 Å². The average Bonchev–Trinajstić information content (AvgIpc) is 3.45. The maximum Gasteiger partial charge on any atom is 0.435 e. The molecule has 0 aliphatic carbocycles. The van der Waals surface area contributed by atoms with Crippen LogP contribution in [0.25, 0.3) is 16.9 Å². The van der Waals surface area contributed by atoms with E-state index in [-0.39, 0.29) is 27.7 Å². The minimum Gasteiger partial charge on any atom is -0.569 e. The molecule has 45 heavy (non-hydrogen) atoms. The fourth-order valence-corrected chi connectivity index (χ4v) is 5.11. The van der Waals surface area contributed by atoms with Crippen molar-refractivity contribution in [3.8, 4) is 16.9 Å². The summed E-state index contributed by atoms with van der Waals surface area (Å²) in [6.07, 6.45) is -4.28. The van der Waals surface area contributed by atoms with Crippen molar-refractivity contribution in [2.45, 2.75) is 57.7 Å². The third-order valence-electron chi connectivity index (χ3n) is 6.79. The fourth-order valence-electron chi connectivity index (χ4n) is 4.12. The van der Waals surface area contributed by atoms with Crippen LogP contribution in [0.3, 0.4) is 0 Å². The lowest BCUT2D eigenvalue weighted by Crippen LogP contribution is -2.52. The summed E-state index contributed by atoms with van der Waals surface area (Å²) in [5, 5.41) is 20.2. The number of nitrogens with one attached hydrogen (secondary N) is 1. The van der Waals surface area contributed by atoms with Crippen molar-refractivity contribution in [2.75, 3.05) is 13.8 Å². The number of amides is 1. The van der Waals surface area contributed by atoms with Gasteiger partial charge in [-0.2, -0.15) is 18.3 Å². The highest BCUT2D eigenvalue weighted by Gasteiger charge is 2.37. The number of hydrogen-bond donors (Lipinski definition) is 1. The number of alkyl halides is 3. The zero-order chi connectivity index (χ0) is 33.5. The van der Waals surface area contributed by atoms with Crippen LogP contribution in [-0.4, -0.2) is 59.9 Å². The number of aromatic nitrogens is 2. The van der Waals surface area contributed by atoms with Crippen molar-refractivity contribution in [2.24, 2.45) is 11.2 Å². The Balaban J connectivity index is 1.85. The van der Waals surface area contributed by atoms with E-state index in [1.165, 1.54) is 19.2 Å². The monoisotopic (exact) mass is 654 g/mol. The van der Waals surface area contributed by atoms with Crippen LogP contribution in [0.5, 0.6) is 0 Å². The topological polar surface area (TPSA) is 158 Å². The van der Waals surface area contributed by atoms with E-state index < -0.39 is 52.5 Å². The molecule has 2 aromatic carbocycles. The van der Waals surface area contributed by atoms with Gasteiger partial charge in [0.15, 0.2) is 11.7 Å². The van der Waals surface area contributed by atoms with Crippen LogP contribution in [0.4, 0.5) is 13.2 Å². The standard InChI is InChI=1S/C28H33F3N6O7S/c1-6-19(4)26(35(5)37(40)34-44-17-43-25(38)7-2)27(39)33-45(41,42)22-14-12-21(13-15-22)36-23(16-24(32-36)28(29,30)31)20-10-8-18(3)9-11-20/h8-16,19,26H,6-7,17H2,1-5H3,(H,33,39)/t19-,26+/m1/s1. The molecule has 0 saturated carbocycles. The largest absolute Gasteiger partial charge is 0.569 e. The molecule has 0 saturated heterocycles. The van der Waals surface area contributed by atoms with Crippen molar-refractivity contribution < 1.29 is 45.7 Å². The number of aryl methyl sites for hydroxylation is 1. The van der Waals surface area contributed by atoms with E-state index in [4.69, 9.17) is 0 Å². The Kier molecular flexibility index (Phi) is 11.1. The lowest BCUT2D eigenvalue weighted by Gasteiger charge is -2.27. The number of hydrogen-bond acceptors (Lipinski definition) is 9. The summed E-state index contributed by atoms with van der Waals surface area (Å²) in [6, 6.07) is 11.1. The molecule has 0 fully saturated rings. The van der Waals surface area contributed by atoms with Gasteiger partial charge in [-0.25, -0.2) is 17.8 Å². The van der Waals surface area contributed by atoms with E-state index in [9.17, 15) is 36.4 Å². The highest BCUT2D eigenvalue weighted by atomic mass is 32.2. The molecule has 3 rings (SSSR count).